The highest BCUT2D eigenvalue weighted by Gasteiger charge is 2.25. The summed E-state index contributed by atoms with van der Waals surface area (Å²) in [6.45, 7) is 0. The molecule has 182 valence electrons. The normalized spacial score (nSPS) is 13.8. The van der Waals surface area contributed by atoms with Crippen LogP contribution in [0.2, 0.25) is 0 Å². The first-order chi connectivity index (χ1) is 18.1. The number of halogens is 1. The number of carbonyl (C=O) groups excluding carboxylic acids is 1. The smallest absolute Gasteiger partial charge is 0.227 e. The van der Waals surface area contributed by atoms with Crippen LogP contribution in [0.1, 0.15) is 19.3 Å². The average molecular weight is 509 g/mol. The molecule has 1 aliphatic rings. The Bertz CT molecular complexity index is 1800. The lowest BCUT2D eigenvalue weighted by atomic mass is 9.85. The van der Waals surface area contributed by atoms with Crippen LogP contribution < -0.4 is 5.32 Å². The lowest BCUT2D eigenvalue weighted by molar-refractivity contribution is -0.122. The van der Waals surface area contributed by atoms with Gasteiger partial charge in [-0.25, -0.2) is 0 Å². The number of aromatic nitrogens is 5. The van der Waals surface area contributed by atoms with E-state index in [1.54, 1.807) is 24.7 Å². The minimum atomic E-state index is -0.239. The second kappa shape index (κ2) is 8.63. The van der Waals surface area contributed by atoms with Crippen LogP contribution in [-0.2, 0) is 4.79 Å². The molecule has 5 aromatic heterocycles. The van der Waals surface area contributed by atoms with Crippen molar-refractivity contribution < 1.29 is 9.18 Å². The standard InChI is InChI=1S/C28H21FN6OS/c29-25-7-6-24(37-25)27-20-12-23(33-21(20)8-9-31-27)26-19-11-16(4-5-22(19)34-35-26)17-10-18(14-30-13-17)32-28(36)15-2-1-3-15/h4-15,33H,1-3H2,(H,32,36)(H,34,35). The van der Waals surface area contributed by atoms with Crippen LogP contribution in [0.25, 0.3) is 54.9 Å². The number of amides is 1. The van der Waals surface area contributed by atoms with Gasteiger partial charge in [-0.1, -0.05) is 12.5 Å². The zero-order valence-corrected chi connectivity index (χ0v) is 20.4. The maximum Gasteiger partial charge on any atom is 0.227 e. The Kier molecular flexibility index (Phi) is 5.10. The quantitative estimate of drug-likeness (QED) is 0.239. The summed E-state index contributed by atoms with van der Waals surface area (Å²) in [6, 6.07) is 15.1. The Hall–Kier alpha value is -4.37. The SMILES string of the molecule is O=C(Nc1cncc(-c2ccc3[nH]nc(-c4cc5c(-c6ccc(F)s6)nccc5[nH]4)c3c2)c1)C1CCC1. The van der Waals surface area contributed by atoms with E-state index >= 15 is 0 Å². The molecule has 6 aromatic rings. The molecule has 0 saturated heterocycles. The number of benzene rings is 1. The first-order valence-electron chi connectivity index (χ1n) is 12.1. The maximum absolute atomic E-state index is 13.7. The van der Waals surface area contributed by atoms with Crippen LogP contribution in [0, 0.1) is 11.0 Å². The fraction of sp³-hybridized carbons (Fsp3) is 0.143. The molecule has 0 unspecified atom stereocenters. The second-order valence-electron chi connectivity index (χ2n) is 9.32. The van der Waals surface area contributed by atoms with Crippen LogP contribution in [-0.4, -0.2) is 31.1 Å². The van der Waals surface area contributed by atoms with Gasteiger partial charge in [-0.05, 0) is 60.9 Å². The van der Waals surface area contributed by atoms with Crippen molar-refractivity contribution in [2.75, 3.05) is 5.32 Å². The van der Waals surface area contributed by atoms with Gasteiger partial charge in [-0.3, -0.25) is 19.9 Å². The van der Waals surface area contributed by atoms with Crippen LogP contribution in [0.5, 0.6) is 0 Å². The van der Waals surface area contributed by atoms with Gasteiger partial charge in [0.2, 0.25) is 5.91 Å². The molecule has 0 bridgehead atoms. The van der Waals surface area contributed by atoms with E-state index in [0.717, 1.165) is 85.5 Å². The number of hydrogen-bond donors (Lipinski definition) is 3. The van der Waals surface area contributed by atoms with Crippen LogP contribution in [0.4, 0.5) is 10.1 Å². The number of fused-ring (bicyclic) bond motifs is 2. The van der Waals surface area contributed by atoms with Crippen molar-refractivity contribution in [3.05, 3.63) is 72.3 Å². The highest BCUT2D eigenvalue weighted by atomic mass is 32.1. The number of nitrogens with zero attached hydrogens (tertiary/aromatic N) is 3. The van der Waals surface area contributed by atoms with Crippen molar-refractivity contribution in [2.45, 2.75) is 19.3 Å². The highest BCUT2D eigenvalue weighted by Crippen LogP contribution is 2.36. The Morgan fingerprint density at radius 2 is 1.86 bits per heavy atom. The van der Waals surface area contributed by atoms with Gasteiger partial charge < -0.3 is 10.3 Å². The molecular formula is C28H21FN6OS. The molecule has 1 aromatic carbocycles. The zero-order chi connectivity index (χ0) is 24.9. The molecule has 0 radical (unpaired) electrons. The number of carbonyl (C=O) groups is 1. The number of hydrogen-bond acceptors (Lipinski definition) is 5. The molecule has 1 amide bonds. The number of thiophene rings is 1. The van der Waals surface area contributed by atoms with E-state index in [-0.39, 0.29) is 17.0 Å². The number of pyridine rings is 2. The number of aromatic amines is 2. The van der Waals surface area contributed by atoms with Crippen molar-refractivity contribution in [1.29, 1.82) is 0 Å². The monoisotopic (exact) mass is 508 g/mol. The molecule has 0 aliphatic heterocycles. The third kappa shape index (κ3) is 3.88. The van der Waals surface area contributed by atoms with Gasteiger partial charge in [-0.15, -0.1) is 11.3 Å². The maximum atomic E-state index is 13.7. The second-order valence-corrected chi connectivity index (χ2v) is 10.4. The topological polar surface area (TPSA) is 99.3 Å². The summed E-state index contributed by atoms with van der Waals surface area (Å²) in [5.74, 6) is 0.176. The highest BCUT2D eigenvalue weighted by molar-refractivity contribution is 7.13. The van der Waals surface area contributed by atoms with Crippen LogP contribution in [0.3, 0.4) is 0 Å². The van der Waals surface area contributed by atoms with E-state index in [0.29, 0.717) is 5.69 Å². The van der Waals surface area contributed by atoms with Gasteiger partial charge in [0.1, 0.15) is 5.69 Å². The Morgan fingerprint density at radius 3 is 2.68 bits per heavy atom. The summed E-state index contributed by atoms with van der Waals surface area (Å²) in [5, 5.41) is 12.3. The van der Waals surface area contributed by atoms with Gasteiger partial charge in [0.25, 0.3) is 0 Å². The first kappa shape index (κ1) is 21.9. The van der Waals surface area contributed by atoms with E-state index in [1.807, 2.05) is 30.3 Å². The van der Waals surface area contributed by atoms with E-state index in [9.17, 15) is 9.18 Å². The molecule has 37 heavy (non-hydrogen) atoms. The minimum absolute atomic E-state index is 0.0655. The van der Waals surface area contributed by atoms with Crippen molar-refractivity contribution in [3.8, 4) is 33.1 Å². The molecule has 7 nitrogen and oxygen atoms in total. The lowest BCUT2D eigenvalue weighted by Crippen LogP contribution is -2.28. The number of rotatable bonds is 5. The van der Waals surface area contributed by atoms with Gasteiger partial charge in [0.05, 0.1) is 33.7 Å². The Labute approximate surface area is 214 Å². The molecule has 0 atom stereocenters. The van der Waals surface area contributed by atoms with Gasteiger partial charge in [0, 0.05) is 40.2 Å². The van der Waals surface area contributed by atoms with E-state index in [4.69, 9.17) is 0 Å². The third-order valence-electron chi connectivity index (χ3n) is 6.99. The molecule has 1 saturated carbocycles. The zero-order valence-electron chi connectivity index (χ0n) is 19.6. The van der Waals surface area contributed by atoms with Crippen LogP contribution in [0.15, 0.2) is 67.1 Å². The predicted octanol–water partition coefficient (Wildman–Crippen LogP) is 6.77. The summed E-state index contributed by atoms with van der Waals surface area (Å²) in [6.07, 6.45) is 8.21. The molecule has 0 spiro atoms. The molecule has 3 N–H and O–H groups in total. The fourth-order valence-electron chi connectivity index (χ4n) is 4.80. The van der Waals surface area contributed by atoms with Crippen LogP contribution >= 0.6 is 11.3 Å². The Balaban J connectivity index is 1.26. The first-order valence-corrected chi connectivity index (χ1v) is 12.9. The minimum Gasteiger partial charge on any atom is -0.353 e. The molecule has 7 rings (SSSR count). The number of H-pyrrole nitrogens is 2. The largest absolute Gasteiger partial charge is 0.353 e. The summed E-state index contributed by atoms with van der Waals surface area (Å²) in [7, 11) is 0. The summed E-state index contributed by atoms with van der Waals surface area (Å²) in [5.41, 5.74) is 6.73. The van der Waals surface area contributed by atoms with Crippen molar-refractivity contribution in [2.24, 2.45) is 5.92 Å². The van der Waals surface area contributed by atoms with E-state index < -0.39 is 0 Å². The van der Waals surface area contributed by atoms with Gasteiger partial charge in [-0.2, -0.15) is 9.49 Å². The summed E-state index contributed by atoms with van der Waals surface area (Å²) in [4.78, 5) is 25.5. The molecule has 1 fully saturated rings. The summed E-state index contributed by atoms with van der Waals surface area (Å²) >= 11 is 1.08. The molecule has 1 aliphatic carbocycles. The van der Waals surface area contributed by atoms with E-state index in [1.165, 1.54) is 6.07 Å². The predicted molar refractivity (Wildman–Crippen MR) is 144 cm³/mol. The van der Waals surface area contributed by atoms with E-state index in [2.05, 4.69) is 36.5 Å². The molecule has 5 heterocycles. The van der Waals surface area contributed by atoms with Gasteiger partial charge in [0.15, 0.2) is 5.13 Å². The van der Waals surface area contributed by atoms with Crippen molar-refractivity contribution >= 4 is 44.7 Å². The third-order valence-corrected chi connectivity index (χ3v) is 7.87. The van der Waals surface area contributed by atoms with Gasteiger partial charge >= 0.3 is 0 Å². The van der Waals surface area contributed by atoms with Crippen molar-refractivity contribution in [3.63, 3.8) is 0 Å². The summed E-state index contributed by atoms with van der Waals surface area (Å²) < 4.78 is 13.7. The lowest BCUT2D eigenvalue weighted by Gasteiger charge is -2.24. The number of nitrogens with one attached hydrogen (secondary N) is 3. The average Bonchev–Trinajstić information content (AvgIpc) is 3.60. The number of anilines is 1. The molecule has 9 heteroatoms. The van der Waals surface area contributed by atoms with Crippen molar-refractivity contribution in [1.82, 2.24) is 25.1 Å². The Morgan fingerprint density at radius 1 is 0.973 bits per heavy atom. The fourth-order valence-corrected chi connectivity index (χ4v) is 5.54. The molecular weight excluding hydrogens is 487 g/mol.